The molecule has 0 saturated heterocycles. The highest BCUT2D eigenvalue weighted by Gasteiger charge is 2.09. The lowest BCUT2D eigenvalue weighted by atomic mass is 10.1. The van der Waals surface area contributed by atoms with Gasteiger partial charge in [-0.25, -0.2) is 4.98 Å². The second kappa shape index (κ2) is 9.38. The third kappa shape index (κ3) is 4.75. The third-order valence-corrected chi connectivity index (χ3v) is 6.01. The lowest BCUT2D eigenvalue weighted by molar-refractivity contribution is 0.402. The van der Waals surface area contributed by atoms with Crippen molar-refractivity contribution in [2.24, 2.45) is 4.99 Å². The van der Waals surface area contributed by atoms with Gasteiger partial charge in [0, 0.05) is 49.4 Å². The molecule has 0 saturated carbocycles. The summed E-state index contributed by atoms with van der Waals surface area (Å²) in [5.41, 5.74) is 3.25. The molecule has 5 aromatic rings. The van der Waals surface area contributed by atoms with Crippen LogP contribution in [0.25, 0.3) is 21.7 Å². The number of aliphatic imine (C=N–C) groups is 1. The van der Waals surface area contributed by atoms with Crippen LogP contribution in [0.3, 0.4) is 0 Å². The summed E-state index contributed by atoms with van der Waals surface area (Å²) >= 11 is 0. The molecule has 2 aromatic carbocycles. The van der Waals surface area contributed by atoms with Gasteiger partial charge in [0.25, 0.3) is 0 Å². The van der Waals surface area contributed by atoms with E-state index in [4.69, 9.17) is 9.84 Å². The van der Waals surface area contributed by atoms with Gasteiger partial charge < -0.3 is 10.1 Å². The van der Waals surface area contributed by atoms with E-state index in [0.29, 0.717) is 13.1 Å². The number of anilines is 1. The van der Waals surface area contributed by atoms with E-state index in [2.05, 4.69) is 50.6 Å². The van der Waals surface area contributed by atoms with Crippen molar-refractivity contribution in [1.29, 1.82) is 0 Å². The largest absolute Gasteiger partial charge is 0.460 e. The van der Waals surface area contributed by atoms with Crippen molar-refractivity contribution >= 4 is 33.7 Å². The fraction of sp³-hybridized carbons (Fsp3) is 0.143. The summed E-state index contributed by atoms with van der Waals surface area (Å²) in [5.74, 6) is 2.55. The number of hydrogen-bond acceptors (Lipinski definition) is 6. The lowest BCUT2D eigenvalue weighted by Gasteiger charge is -2.11. The Bertz CT molecular complexity index is 1550. The summed E-state index contributed by atoms with van der Waals surface area (Å²) in [4.78, 5) is 12.9. The summed E-state index contributed by atoms with van der Waals surface area (Å²) in [6.45, 7) is 1.35. The van der Waals surface area contributed by atoms with Crippen molar-refractivity contribution in [2.75, 3.05) is 5.32 Å². The van der Waals surface area contributed by atoms with Gasteiger partial charge in [0.05, 0.1) is 23.6 Å². The van der Waals surface area contributed by atoms with Gasteiger partial charge in [-0.05, 0) is 53.3 Å². The topological polar surface area (TPSA) is 77.2 Å². The van der Waals surface area contributed by atoms with Crippen LogP contribution in [0.2, 0.25) is 0 Å². The predicted molar refractivity (Wildman–Crippen MR) is 139 cm³/mol. The molecule has 0 fully saturated rings. The fourth-order valence-corrected chi connectivity index (χ4v) is 4.20. The van der Waals surface area contributed by atoms with E-state index < -0.39 is 0 Å². The average Bonchev–Trinajstić information content (AvgIpc) is 3.32. The predicted octanol–water partition coefficient (Wildman–Crippen LogP) is 5.72. The van der Waals surface area contributed by atoms with Crippen molar-refractivity contribution in [3.8, 4) is 5.75 Å². The highest BCUT2D eigenvalue weighted by molar-refractivity contribution is 5.88. The Hall–Kier alpha value is -4.52. The van der Waals surface area contributed by atoms with E-state index >= 15 is 0 Å². The van der Waals surface area contributed by atoms with Gasteiger partial charge in [0.1, 0.15) is 17.3 Å². The van der Waals surface area contributed by atoms with Crippen molar-refractivity contribution < 1.29 is 4.74 Å². The molecule has 0 amide bonds. The Morgan fingerprint density at radius 3 is 2.74 bits per heavy atom. The van der Waals surface area contributed by atoms with Crippen LogP contribution in [-0.2, 0) is 13.1 Å². The van der Waals surface area contributed by atoms with E-state index in [0.717, 1.165) is 52.0 Å². The zero-order valence-electron chi connectivity index (χ0n) is 19.1. The maximum atomic E-state index is 5.92. The van der Waals surface area contributed by atoms with Crippen molar-refractivity contribution in [2.45, 2.75) is 25.9 Å². The molecule has 4 heterocycles. The van der Waals surface area contributed by atoms with Gasteiger partial charge in [-0.2, -0.15) is 5.10 Å². The first-order valence-corrected chi connectivity index (χ1v) is 11.7. The molecular weight excluding hydrogens is 436 g/mol. The molecule has 7 heteroatoms. The molecule has 1 aliphatic rings. The molecule has 0 unspecified atom stereocenters. The maximum absolute atomic E-state index is 5.92. The van der Waals surface area contributed by atoms with Gasteiger partial charge in [-0.15, -0.1) is 0 Å². The quantitative estimate of drug-likeness (QED) is 0.336. The lowest BCUT2D eigenvalue weighted by Crippen LogP contribution is -2.02. The number of fused-ring (bicyclic) bond motifs is 2. The first-order valence-electron chi connectivity index (χ1n) is 11.7. The van der Waals surface area contributed by atoms with E-state index in [9.17, 15) is 0 Å². The zero-order valence-corrected chi connectivity index (χ0v) is 19.1. The van der Waals surface area contributed by atoms with Gasteiger partial charge >= 0.3 is 0 Å². The second-order valence-corrected chi connectivity index (χ2v) is 8.54. The Balaban J connectivity index is 1.15. The van der Waals surface area contributed by atoms with Gasteiger partial charge in [0.15, 0.2) is 0 Å². The number of allylic oxidation sites excluding steroid dienone is 1. The number of nitrogens with one attached hydrogen (secondary N) is 1. The average molecular weight is 461 g/mol. The first kappa shape index (κ1) is 21.0. The standard InChI is InChI=1S/C28H24N6O/c1-2-25(17-29-11-1)35-24-7-4-20(5-8-24)18-34-19-26-27(33-34)10-13-31-28(26)32-15-21-3-6-23-16-30-12-9-22(23)14-21/h3-14,16-17,19H,1-2,15,18H2,(H,31,32). The molecule has 0 spiro atoms. The highest BCUT2D eigenvalue weighted by atomic mass is 16.5. The molecule has 0 atom stereocenters. The second-order valence-electron chi connectivity index (χ2n) is 8.54. The number of pyridine rings is 2. The molecule has 0 aliphatic carbocycles. The van der Waals surface area contributed by atoms with E-state index in [1.165, 1.54) is 10.9 Å². The monoisotopic (exact) mass is 460 g/mol. The van der Waals surface area contributed by atoms with Crippen molar-refractivity contribution in [1.82, 2.24) is 19.7 Å². The Morgan fingerprint density at radius 2 is 1.86 bits per heavy atom. The molecule has 7 nitrogen and oxygen atoms in total. The van der Waals surface area contributed by atoms with E-state index in [-0.39, 0.29) is 0 Å². The van der Waals surface area contributed by atoms with Crippen LogP contribution in [0.1, 0.15) is 24.0 Å². The molecule has 1 N–H and O–H groups in total. The van der Waals surface area contributed by atoms with Crippen LogP contribution in [-0.4, -0.2) is 26.0 Å². The highest BCUT2D eigenvalue weighted by Crippen LogP contribution is 2.23. The number of benzene rings is 2. The fourth-order valence-electron chi connectivity index (χ4n) is 4.20. The Labute approximate surface area is 202 Å². The third-order valence-electron chi connectivity index (χ3n) is 6.01. The molecule has 0 bridgehead atoms. The number of hydrogen-bond donors (Lipinski definition) is 1. The minimum atomic E-state index is 0.667. The van der Waals surface area contributed by atoms with E-state index in [1.54, 1.807) is 12.4 Å². The number of ether oxygens (including phenoxy) is 1. The van der Waals surface area contributed by atoms with Crippen LogP contribution >= 0.6 is 0 Å². The van der Waals surface area contributed by atoms with Crippen molar-refractivity contribution in [3.63, 3.8) is 0 Å². The van der Waals surface area contributed by atoms with Crippen molar-refractivity contribution in [3.05, 3.63) is 102 Å². The molecule has 1 aliphatic heterocycles. The molecule has 35 heavy (non-hydrogen) atoms. The summed E-state index contributed by atoms with van der Waals surface area (Å²) in [6, 6.07) is 18.5. The first-order chi connectivity index (χ1) is 17.3. The normalized spacial score (nSPS) is 13.2. The maximum Gasteiger partial charge on any atom is 0.137 e. The summed E-state index contributed by atoms with van der Waals surface area (Å²) in [7, 11) is 0. The Kier molecular flexibility index (Phi) is 5.64. The van der Waals surface area contributed by atoms with Crippen LogP contribution in [0.5, 0.6) is 5.75 Å². The number of rotatable bonds is 7. The number of nitrogens with zero attached hydrogens (tertiary/aromatic N) is 5. The van der Waals surface area contributed by atoms with Crippen LogP contribution < -0.4 is 10.1 Å². The smallest absolute Gasteiger partial charge is 0.137 e. The van der Waals surface area contributed by atoms with Crippen LogP contribution in [0, 0.1) is 0 Å². The van der Waals surface area contributed by atoms with Crippen LogP contribution in [0.15, 0.2) is 96.3 Å². The zero-order chi connectivity index (χ0) is 23.5. The van der Waals surface area contributed by atoms with Gasteiger partial charge in [-0.3, -0.25) is 14.7 Å². The summed E-state index contributed by atoms with van der Waals surface area (Å²) in [6.07, 6.45) is 13.0. The minimum Gasteiger partial charge on any atom is -0.460 e. The van der Waals surface area contributed by atoms with Gasteiger partial charge in [-0.1, -0.05) is 24.3 Å². The number of aromatic nitrogens is 4. The molecular formula is C28H24N6O. The summed E-state index contributed by atoms with van der Waals surface area (Å²) < 4.78 is 7.87. The molecule has 0 radical (unpaired) electrons. The molecule has 3 aromatic heterocycles. The molecule has 6 rings (SSSR count). The van der Waals surface area contributed by atoms with Crippen LogP contribution in [0.4, 0.5) is 5.82 Å². The Morgan fingerprint density at radius 1 is 0.943 bits per heavy atom. The SMILES string of the molecule is C1=NC=C(Oc2ccc(Cn3cc4c(NCc5ccc6cnccc6c5)nccc4n3)cc2)CC1. The summed E-state index contributed by atoms with van der Waals surface area (Å²) in [5, 5.41) is 11.6. The molecule has 172 valence electrons. The minimum absolute atomic E-state index is 0.667. The van der Waals surface area contributed by atoms with Gasteiger partial charge in [0.2, 0.25) is 0 Å². The van der Waals surface area contributed by atoms with E-state index in [1.807, 2.05) is 53.8 Å².